The van der Waals surface area contributed by atoms with Gasteiger partial charge in [0, 0.05) is 44.6 Å². The van der Waals surface area contributed by atoms with E-state index in [1.807, 2.05) is 0 Å². The quantitative estimate of drug-likeness (QED) is 0.227. The number of methoxy groups -OCH3 is 1. The maximum atomic E-state index is 14.7. The first-order chi connectivity index (χ1) is 19.4. The number of nitrogens with one attached hydrogen (secondary N) is 1. The maximum Gasteiger partial charge on any atom is 0.418 e. The van der Waals surface area contributed by atoms with Gasteiger partial charge in [0.05, 0.1) is 42.6 Å². The third-order valence-corrected chi connectivity index (χ3v) is 6.40. The van der Waals surface area contributed by atoms with Gasteiger partial charge < -0.3 is 25.5 Å². The van der Waals surface area contributed by atoms with Crippen molar-refractivity contribution < 1.29 is 45.4 Å². The lowest BCUT2D eigenvalue weighted by Crippen LogP contribution is -2.42. The molecule has 4 N–H and O–H groups in total. The average Bonchev–Trinajstić information content (AvgIpc) is 3.39. The number of halogens is 7. The summed E-state index contributed by atoms with van der Waals surface area (Å²) in [6.45, 7) is 2.43. The highest BCUT2D eigenvalue weighted by Crippen LogP contribution is 2.37. The number of aliphatic hydroxyl groups excluding tert-OH is 1. The number of hydrogen-bond donors (Lipinski definition) is 3. The van der Waals surface area contributed by atoms with Gasteiger partial charge >= 0.3 is 12.4 Å². The molecule has 1 aliphatic heterocycles. The molecule has 1 fully saturated rings. The number of alkyl halides is 7. The van der Waals surface area contributed by atoms with Crippen LogP contribution in [0, 0.1) is 0 Å². The van der Waals surface area contributed by atoms with Crippen molar-refractivity contribution in [3.8, 4) is 17.1 Å². The van der Waals surface area contributed by atoms with Crippen molar-refractivity contribution in [1.29, 1.82) is 0 Å². The molecule has 0 aromatic carbocycles. The molecular formula is C26H31F7N6O3. The van der Waals surface area contributed by atoms with Crippen LogP contribution in [0.25, 0.3) is 11.3 Å². The van der Waals surface area contributed by atoms with Crippen molar-refractivity contribution in [1.82, 2.24) is 19.8 Å². The van der Waals surface area contributed by atoms with E-state index in [4.69, 9.17) is 10.5 Å². The Balaban J connectivity index is 1.91. The number of nitrogens with zero attached hydrogens (tertiary/aromatic N) is 4. The Bertz CT molecular complexity index is 1350. The molecular weight excluding hydrogens is 577 g/mol. The van der Waals surface area contributed by atoms with E-state index in [0.717, 1.165) is 10.6 Å². The van der Waals surface area contributed by atoms with Crippen molar-refractivity contribution in [2.24, 2.45) is 17.8 Å². The molecule has 2 aromatic heterocycles. The van der Waals surface area contributed by atoms with Crippen LogP contribution >= 0.6 is 0 Å². The van der Waals surface area contributed by atoms with E-state index in [2.05, 4.69) is 15.3 Å². The van der Waals surface area contributed by atoms with Crippen LogP contribution in [0.5, 0.6) is 5.88 Å². The van der Waals surface area contributed by atoms with Crippen LogP contribution in [0.2, 0.25) is 0 Å². The fourth-order valence-electron chi connectivity index (χ4n) is 4.59. The monoisotopic (exact) mass is 608 g/mol. The third kappa shape index (κ3) is 8.00. The molecule has 2 aromatic rings. The zero-order valence-electron chi connectivity index (χ0n) is 23.1. The van der Waals surface area contributed by atoms with Crippen molar-refractivity contribution in [2.75, 3.05) is 26.7 Å². The normalized spacial score (nSPS) is 19.1. The fourth-order valence-corrected chi connectivity index (χ4v) is 4.59. The largest absolute Gasteiger partial charge is 0.480 e. The zero-order chi connectivity index (χ0) is 31.6. The van der Waals surface area contributed by atoms with E-state index in [-0.39, 0.29) is 35.8 Å². The van der Waals surface area contributed by atoms with Crippen LogP contribution in [0.15, 0.2) is 35.1 Å². The van der Waals surface area contributed by atoms with Gasteiger partial charge in [-0.05, 0) is 26.0 Å². The number of allylic oxidation sites excluding steroid dienone is 1. The van der Waals surface area contributed by atoms with Crippen LogP contribution in [0.1, 0.15) is 41.9 Å². The Morgan fingerprint density at radius 3 is 2.50 bits per heavy atom. The molecule has 1 saturated heterocycles. The molecule has 0 radical (unpaired) electrons. The number of rotatable bonds is 9. The lowest BCUT2D eigenvalue weighted by atomic mass is 10.1. The molecule has 0 aliphatic carbocycles. The molecule has 0 bridgehead atoms. The van der Waals surface area contributed by atoms with Crippen LogP contribution in [0.3, 0.4) is 0 Å². The second-order valence-electron chi connectivity index (χ2n) is 10.1. The Morgan fingerprint density at radius 1 is 1.26 bits per heavy atom. The maximum absolute atomic E-state index is 14.7. The molecule has 3 rings (SSSR count). The van der Waals surface area contributed by atoms with Gasteiger partial charge in [-0.1, -0.05) is 5.57 Å². The molecule has 3 heterocycles. The number of aromatic nitrogens is 2. The first-order valence-electron chi connectivity index (χ1n) is 12.6. The van der Waals surface area contributed by atoms with Crippen LogP contribution in [0.4, 0.5) is 30.7 Å². The second-order valence-corrected chi connectivity index (χ2v) is 10.1. The van der Waals surface area contributed by atoms with Gasteiger partial charge in [-0.25, -0.2) is 14.4 Å². The van der Waals surface area contributed by atoms with Crippen LogP contribution in [-0.2, 0) is 13.2 Å². The van der Waals surface area contributed by atoms with Crippen molar-refractivity contribution in [3.05, 3.63) is 46.9 Å². The van der Waals surface area contributed by atoms with Gasteiger partial charge in [0.25, 0.3) is 5.91 Å². The lowest BCUT2D eigenvalue weighted by Gasteiger charge is -2.20. The van der Waals surface area contributed by atoms with Crippen molar-refractivity contribution >= 4 is 11.7 Å². The number of likely N-dealkylation sites (tertiary alicyclic amines) is 1. The lowest BCUT2D eigenvalue weighted by molar-refractivity contribution is -0.155. The SMILES string of the molecule is COc1ncc(-c2cc(C(F)(F)F)c(C(N)=NC=C(C)C)n2C)cc1C(=O)N[C@@H]1CN(CC(O)CC(F)(F)F)C[C@@H]1F. The molecule has 9 nitrogen and oxygen atoms in total. The van der Waals surface area contributed by atoms with Crippen molar-refractivity contribution in [3.63, 3.8) is 0 Å². The number of ether oxygens (including phenoxy) is 1. The number of β-amino-alcohol motifs (C(OH)–C–C–N with tert-alkyl or cyclic N) is 1. The summed E-state index contributed by atoms with van der Waals surface area (Å²) in [5, 5.41) is 12.1. The summed E-state index contributed by atoms with van der Waals surface area (Å²) < 4.78 is 100. The highest BCUT2D eigenvalue weighted by molar-refractivity contribution is 6.00. The van der Waals surface area contributed by atoms with Gasteiger partial charge in [-0.3, -0.25) is 9.69 Å². The summed E-state index contributed by atoms with van der Waals surface area (Å²) in [4.78, 5) is 22.4. The summed E-state index contributed by atoms with van der Waals surface area (Å²) in [5.41, 5.74) is 4.99. The minimum atomic E-state index is -4.80. The molecule has 0 saturated carbocycles. The summed E-state index contributed by atoms with van der Waals surface area (Å²) in [5.74, 6) is -1.46. The Kier molecular flexibility index (Phi) is 9.92. The number of amides is 1. The fraction of sp³-hybridized carbons (Fsp3) is 0.500. The van der Waals surface area contributed by atoms with E-state index in [9.17, 15) is 40.6 Å². The van der Waals surface area contributed by atoms with E-state index in [1.54, 1.807) is 13.8 Å². The van der Waals surface area contributed by atoms with Crippen LogP contribution in [-0.4, -0.2) is 82.5 Å². The molecule has 3 atom stereocenters. The van der Waals surface area contributed by atoms with E-state index in [1.165, 1.54) is 37.5 Å². The minimum absolute atomic E-state index is 0.00839. The molecule has 1 aliphatic rings. The smallest absolute Gasteiger partial charge is 0.418 e. The highest BCUT2D eigenvalue weighted by Gasteiger charge is 2.39. The van der Waals surface area contributed by atoms with Crippen molar-refractivity contribution in [2.45, 2.75) is 50.9 Å². The number of hydrogen-bond acceptors (Lipinski definition) is 6. The third-order valence-electron chi connectivity index (χ3n) is 6.40. The van der Waals surface area contributed by atoms with Gasteiger partial charge in [-0.2, -0.15) is 26.3 Å². The summed E-state index contributed by atoms with van der Waals surface area (Å²) in [7, 11) is 2.54. The minimum Gasteiger partial charge on any atom is -0.480 e. The number of pyridine rings is 1. The second kappa shape index (κ2) is 12.7. The molecule has 232 valence electrons. The van der Waals surface area contributed by atoms with E-state index >= 15 is 0 Å². The number of aliphatic imine (C=N–C) groups is 1. The topological polar surface area (TPSA) is 118 Å². The number of carbonyl (C=O) groups excluding carboxylic acids is 1. The predicted octanol–water partition coefficient (Wildman–Crippen LogP) is 3.81. The molecule has 0 spiro atoms. The number of nitrogens with two attached hydrogens (primary N) is 1. The number of aliphatic hydroxyl groups is 1. The summed E-state index contributed by atoms with van der Waals surface area (Å²) in [6.07, 6.45) is -11.8. The first-order valence-corrected chi connectivity index (χ1v) is 12.6. The van der Waals surface area contributed by atoms with Gasteiger partial charge in [0.15, 0.2) is 0 Å². The average molecular weight is 609 g/mol. The van der Waals surface area contributed by atoms with Gasteiger partial charge in [0.1, 0.15) is 17.6 Å². The molecule has 42 heavy (non-hydrogen) atoms. The number of carbonyl (C=O) groups is 1. The summed E-state index contributed by atoms with van der Waals surface area (Å²) in [6, 6.07) is 0.912. The molecule has 1 unspecified atom stereocenters. The standard InChI is InChI=1S/C26H31F7N6O3/c1-13(2)8-35-22(34)21-17(26(31,32)33)6-20(38(21)3)14-5-16(24(42-4)36-9-14)23(41)37-19-12-39(11-18(19)27)10-15(40)7-25(28,29)30/h5-6,8-9,15,18-19,40H,7,10-12H2,1-4H3,(H2,34,35)(H,37,41)/t15?,18-,19+/m0/s1. The number of amidine groups is 1. The zero-order valence-corrected chi connectivity index (χ0v) is 23.1. The van der Waals surface area contributed by atoms with E-state index < -0.39 is 66.6 Å². The predicted molar refractivity (Wildman–Crippen MR) is 140 cm³/mol. The Morgan fingerprint density at radius 2 is 1.93 bits per heavy atom. The van der Waals surface area contributed by atoms with E-state index in [0.29, 0.717) is 5.57 Å². The molecule has 1 amide bonds. The highest BCUT2D eigenvalue weighted by atomic mass is 19.4. The Labute approximate surface area is 236 Å². The molecule has 16 heteroatoms. The van der Waals surface area contributed by atoms with Gasteiger partial charge in [-0.15, -0.1) is 0 Å². The van der Waals surface area contributed by atoms with Crippen LogP contribution < -0.4 is 15.8 Å². The summed E-state index contributed by atoms with van der Waals surface area (Å²) >= 11 is 0. The first kappa shape index (κ1) is 32.8. The van der Waals surface area contributed by atoms with Gasteiger partial charge in [0.2, 0.25) is 5.88 Å². The Hall–Kier alpha value is -3.66.